The molecule has 0 amide bonds. The van der Waals surface area contributed by atoms with E-state index in [4.69, 9.17) is 13.6 Å². The number of allylic oxidation sites excluding steroid dienone is 2. The van der Waals surface area contributed by atoms with E-state index in [9.17, 15) is 9.90 Å². The van der Waals surface area contributed by atoms with E-state index in [0.717, 1.165) is 32.1 Å². The molecule has 1 saturated carbocycles. The zero-order chi connectivity index (χ0) is 32.4. The van der Waals surface area contributed by atoms with E-state index in [2.05, 4.69) is 99.0 Å². The van der Waals surface area contributed by atoms with Crippen molar-refractivity contribution in [2.75, 3.05) is 0 Å². The first-order valence-electron chi connectivity index (χ1n) is 16.8. The molecule has 0 aromatic heterocycles. The quantitative estimate of drug-likeness (QED) is 0.0755. The van der Waals surface area contributed by atoms with Crippen LogP contribution in [0.3, 0.4) is 0 Å². The molecular weight excluding hydrogens is 557 g/mol. The maximum atomic E-state index is 11.8. The summed E-state index contributed by atoms with van der Waals surface area (Å²) in [6.45, 7) is 29.1. The van der Waals surface area contributed by atoms with Crippen LogP contribution < -0.4 is 0 Å². The van der Waals surface area contributed by atoms with Gasteiger partial charge in [0, 0.05) is 12.3 Å². The standard InChI is InChI=1S/C35H68O5Si2/c1-14-15-18-21-28(39-41(10,11)34(4,5)6)24-25-30-29(22-19-16-17-20-23-33(37)38-27(2)3)31(36)26-32(30)40-42(12,13)35(7,8)9/h16,19,24-25,27-32,36H,14-15,17-18,20-23,26H2,1-13H3/b19-16-,25-24+/t28-,29+,30+,31-,32?/m0/s1. The lowest BCUT2D eigenvalue weighted by Crippen LogP contribution is -2.45. The first-order valence-corrected chi connectivity index (χ1v) is 22.6. The molecule has 0 aliphatic heterocycles. The molecule has 5 atom stereocenters. The van der Waals surface area contributed by atoms with Gasteiger partial charge in [-0.05, 0) is 88.1 Å². The Balaban J connectivity index is 3.16. The van der Waals surface area contributed by atoms with Crippen molar-refractivity contribution in [2.24, 2.45) is 11.8 Å². The van der Waals surface area contributed by atoms with Crippen LogP contribution in [0.25, 0.3) is 0 Å². The number of hydrogen-bond donors (Lipinski definition) is 1. The number of rotatable bonds is 17. The van der Waals surface area contributed by atoms with Gasteiger partial charge in [-0.2, -0.15) is 0 Å². The number of ether oxygens (including phenoxy) is 1. The molecule has 0 aromatic carbocycles. The SMILES string of the molecule is CCCCC[C@@H](/C=C/[C@H]1C(O[Si](C)(C)C(C)(C)C)C[C@H](O)[C@@H]1C/C=C\CCCC(=O)OC(C)C)O[Si](C)(C)C(C)(C)C. The van der Waals surface area contributed by atoms with E-state index in [0.29, 0.717) is 12.8 Å². The fraction of sp³-hybridized carbons (Fsp3) is 0.857. The fourth-order valence-corrected chi connectivity index (χ4v) is 7.69. The van der Waals surface area contributed by atoms with Gasteiger partial charge in [-0.1, -0.05) is 92.0 Å². The number of carbonyl (C=O) groups is 1. The van der Waals surface area contributed by atoms with Crippen LogP contribution >= 0.6 is 0 Å². The monoisotopic (exact) mass is 624 g/mol. The van der Waals surface area contributed by atoms with Gasteiger partial charge in [0.2, 0.25) is 0 Å². The van der Waals surface area contributed by atoms with Gasteiger partial charge in [-0.15, -0.1) is 0 Å². The van der Waals surface area contributed by atoms with E-state index < -0.39 is 22.7 Å². The largest absolute Gasteiger partial charge is 0.463 e. The molecule has 0 bridgehead atoms. The minimum atomic E-state index is -2.02. The van der Waals surface area contributed by atoms with Crippen LogP contribution in [0, 0.1) is 11.8 Å². The number of aliphatic hydroxyl groups is 1. The summed E-state index contributed by atoms with van der Waals surface area (Å²) in [6, 6.07) is 0. The Hall–Kier alpha value is -0.736. The minimum Gasteiger partial charge on any atom is -0.463 e. The normalized spacial score (nSPS) is 23.4. The van der Waals surface area contributed by atoms with E-state index in [1.54, 1.807) is 0 Å². The van der Waals surface area contributed by atoms with Crippen LogP contribution in [0.15, 0.2) is 24.3 Å². The number of carbonyl (C=O) groups excluding carboxylic acids is 1. The molecule has 1 aliphatic carbocycles. The highest BCUT2D eigenvalue weighted by molar-refractivity contribution is 6.74. The van der Waals surface area contributed by atoms with Gasteiger partial charge >= 0.3 is 5.97 Å². The summed E-state index contributed by atoms with van der Waals surface area (Å²) in [7, 11) is -3.95. The third kappa shape index (κ3) is 13.1. The molecule has 0 spiro atoms. The van der Waals surface area contributed by atoms with Crippen LogP contribution in [0.1, 0.15) is 120 Å². The lowest BCUT2D eigenvalue weighted by molar-refractivity contribution is -0.147. The highest BCUT2D eigenvalue weighted by Crippen LogP contribution is 2.44. The molecule has 1 N–H and O–H groups in total. The van der Waals surface area contributed by atoms with Crippen LogP contribution in [-0.2, 0) is 18.4 Å². The van der Waals surface area contributed by atoms with Crippen LogP contribution in [-0.4, -0.2) is 52.1 Å². The van der Waals surface area contributed by atoms with Crippen molar-refractivity contribution in [3.05, 3.63) is 24.3 Å². The van der Waals surface area contributed by atoms with Crippen molar-refractivity contribution in [1.82, 2.24) is 0 Å². The molecule has 0 saturated heterocycles. The molecule has 0 radical (unpaired) electrons. The average Bonchev–Trinajstić information content (AvgIpc) is 3.10. The molecule has 1 unspecified atom stereocenters. The van der Waals surface area contributed by atoms with Gasteiger partial charge in [0.15, 0.2) is 16.6 Å². The van der Waals surface area contributed by atoms with Crippen molar-refractivity contribution in [3.8, 4) is 0 Å². The topological polar surface area (TPSA) is 65.0 Å². The predicted octanol–water partition coefficient (Wildman–Crippen LogP) is 9.97. The van der Waals surface area contributed by atoms with Crippen molar-refractivity contribution in [2.45, 2.75) is 181 Å². The number of esters is 1. The molecule has 1 rings (SSSR count). The summed E-state index contributed by atoms with van der Waals surface area (Å²) in [4.78, 5) is 11.8. The van der Waals surface area contributed by atoms with Gasteiger partial charge < -0.3 is 18.7 Å². The van der Waals surface area contributed by atoms with Crippen molar-refractivity contribution >= 4 is 22.6 Å². The van der Waals surface area contributed by atoms with E-state index in [1.807, 2.05) is 13.8 Å². The Bertz CT molecular complexity index is 850. The summed E-state index contributed by atoms with van der Waals surface area (Å²) in [6.07, 6.45) is 16.8. The minimum absolute atomic E-state index is 0.00510. The maximum Gasteiger partial charge on any atom is 0.306 e. The number of aliphatic hydroxyl groups excluding tert-OH is 1. The summed E-state index contributed by atoms with van der Waals surface area (Å²) in [5.41, 5.74) is 0. The Morgan fingerprint density at radius 3 is 2.12 bits per heavy atom. The smallest absolute Gasteiger partial charge is 0.306 e. The molecule has 246 valence electrons. The average molecular weight is 625 g/mol. The summed E-state index contributed by atoms with van der Waals surface area (Å²) < 4.78 is 19.2. The highest BCUT2D eigenvalue weighted by Gasteiger charge is 2.47. The second-order valence-corrected chi connectivity index (χ2v) is 25.4. The van der Waals surface area contributed by atoms with Gasteiger partial charge in [0.1, 0.15) is 0 Å². The Morgan fingerprint density at radius 2 is 1.57 bits per heavy atom. The Kier molecular flexibility index (Phi) is 16.0. The molecule has 5 nitrogen and oxygen atoms in total. The van der Waals surface area contributed by atoms with E-state index >= 15 is 0 Å². The third-order valence-electron chi connectivity index (χ3n) is 9.73. The molecule has 0 heterocycles. The van der Waals surface area contributed by atoms with Gasteiger partial charge in [0.05, 0.1) is 24.4 Å². The summed E-state index contributed by atoms with van der Waals surface area (Å²) in [5, 5.41) is 11.6. The van der Waals surface area contributed by atoms with Gasteiger partial charge in [0.25, 0.3) is 0 Å². The zero-order valence-corrected chi connectivity index (χ0v) is 31.7. The van der Waals surface area contributed by atoms with Crippen LogP contribution in [0.2, 0.25) is 36.3 Å². The number of unbranched alkanes of at least 4 members (excludes halogenated alkanes) is 3. The molecular formula is C35H68O5Si2. The van der Waals surface area contributed by atoms with Crippen LogP contribution in [0.5, 0.6) is 0 Å². The predicted molar refractivity (Wildman–Crippen MR) is 184 cm³/mol. The molecule has 1 aliphatic rings. The van der Waals surface area contributed by atoms with E-state index in [-0.39, 0.29) is 46.2 Å². The highest BCUT2D eigenvalue weighted by atomic mass is 28.4. The van der Waals surface area contributed by atoms with E-state index in [1.165, 1.54) is 12.8 Å². The molecule has 1 fully saturated rings. The lowest BCUT2D eigenvalue weighted by Gasteiger charge is -2.40. The van der Waals surface area contributed by atoms with Gasteiger partial charge in [-0.25, -0.2) is 0 Å². The maximum absolute atomic E-state index is 11.8. The second kappa shape index (κ2) is 17.1. The first-order chi connectivity index (χ1) is 19.2. The van der Waals surface area contributed by atoms with Gasteiger partial charge in [-0.3, -0.25) is 4.79 Å². The zero-order valence-electron chi connectivity index (χ0n) is 29.7. The summed E-state index contributed by atoms with van der Waals surface area (Å²) in [5.74, 6) is 0.104. The fourth-order valence-electron chi connectivity index (χ4n) is 5.02. The van der Waals surface area contributed by atoms with Crippen LogP contribution in [0.4, 0.5) is 0 Å². The summed E-state index contributed by atoms with van der Waals surface area (Å²) >= 11 is 0. The first kappa shape index (κ1) is 39.3. The number of hydrogen-bond acceptors (Lipinski definition) is 5. The second-order valence-electron chi connectivity index (χ2n) is 15.9. The Labute approximate surface area is 262 Å². The molecule has 42 heavy (non-hydrogen) atoms. The van der Waals surface area contributed by atoms with Crippen molar-refractivity contribution in [1.29, 1.82) is 0 Å². The Morgan fingerprint density at radius 1 is 0.952 bits per heavy atom. The lowest BCUT2D eigenvalue weighted by atomic mass is 9.89. The van der Waals surface area contributed by atoms with Crippen molar-refractivity contribution in [3.63, 3.8) is 0 Å². The third-order valence-corrected chi connectivity index (χ3v) is 18.7. The van der Waals surface area contributed by atoms with Crippen molar-refractivity contribution < 1.29 is 23.5 Å². The molecule has 7 heteroatoms. The molecule has 0 aromatic rings.